The predicted molar refractivity (Wildman–Crippen MR) is 112 cm³/mol. The van der Waals surface area contributed by atoms with Gasteiger partial charge in [-0.1, -0.05) is 24.3 Å². The second-order valence-electron chi connectivity index (χ2n) is 7.54. The molecule has 6 nitrogen and oxygen atoms in total. The molecule has 7 heteroatoms. The number of rotatable bonds is 4. The van der Waals surface area contributed by atoms with Crippen LogP contribution in [-0.2, 0) is 12.8 Å². The van der Waals surface area contributed by atoms with E-state index in [0.717, 1.165) is 31.4 Å². The lowest BCUT2D eigenvalue weighted by Gasteiger charge is -2.14. The van der Waals surface area contributed by atoms with Crippen LogP contribution in [0.2, 0.25) is 0 Å². The van der Waals surface area contributed by atoms with Crippen molar-refractivity contribution in [2.75, 3.05) is 5.32 Å². The zero-order valence-electron chi connectivity index (χ0n) is 15.1. The summed E-state index contributed by atoms with van der Waals surface area (Å²) in [6, 6.07) is 10.7. The summed E-state index contributed by atoms with van der Waals surface area (Å²) < 4.78 is 1.56. The van der Waals surface area contributed by atoms with Crippen molar-refractivity contribution in [1.29, 1.82) is 0 Å². The number of aromatic nitrogens is 2. The Morgan fingerprint density at radius 1 is 1.14 bits per heavy atom. The third-order valence-electron chi connectivity index (χ3n) is 5.38. The van der Waals surface area contributed by atoms with Crippen LogP contribution < -0.4 is 16.1 Å². The normalized spacial score (nSPS) is 16.2. The monoisotopic (exact) mass is 438 g/mol. The first-order valence-electron chi connectivity index (χ1n) is 9.44. The van der Waals surface area contributed by atoms with Gasteiger partial charge in [0.1, 0.15) is 5.56 Å². The van der Waals surface area contributed by atoms with Crippen LogP contribution in [0.15, 0.2) is 47.5 Å². The van der Waals surface area contributed by atoms with Crippen LogP contribution in [-0.4, -0.2) is 26.6 Å². The number of amides is 1. The summed E-state index contributed by atoms with van der Waals surface area (Å²) >= 11 is 3.38. The first-order valence-corrected chi connectivity index (χ1v) is 10.1. The molecule has 2 aliphatic rings. The molecule has 0 aliphatic heterocycles. The highest BCUT2D eigenvalue weighted by atomic mass is 79.9. The smallest absolute Gasteiger partial charge is 0.257 e. The second-order valence-corrected chi connectivity index (χ2v) is 8.31. The average Bonchev–Trinajstić information content (AvgIpc) is 3.40. The van der Waals surface area contributed by atoms with Gasteiger partial charge in [0.25, 0.3) is 5.91 Å². The number of nitrogens with zero attached hydrogens (tertiary/aromatic N) is 2. The van der Waals surface area contributed by atoms with Gasteiger partial charge in [0, 0.05) is 18.3 Å². The minimum atomic E-state index is -0.327. The van der Waals surface area contributed by atoms with E-state index in [1.807, 2.05) is 0 Å². The fourth-order valence-electron chi connectivity index (χ4n) is 3.80. The van der Waals surface area contributed by atoms with Gasteiger partial charge in [0.05, 0.1) is 33.4 Å². The Kier molecular flexibility index (Phi) is 4.19. The van der Waals surface area contributed by atoms with E-state index in [4.69, 9.17) is 0 Å². The fraction of sp³-hybridized carbons (Fsp3) is 0.286. The highest BCUT2D eigenvalue weighted by molar-refractivity contribution is 9.08. The largest absolute Gasteiger partial charge is 0.380 e. The number of hydrogen-bond acceptors (Lipinski definition) is 4. The molecule has 1 amide bonds. The number of halogens is 1. The van der Waals surface area contributed by atoms with Crippen LogP contribution in [0, 0.1) is 0 Å². The molecule has 28 heavy (non-hydrogen) atoms. The van der Waals surface area contributed by atoms with Gasteiger partial charge in [-0.15, -0.1) is 0 Å². The lowest BCUT2D eigenvalue weighted by molar-refractivity contribution is 0.0950. The highest BCUT2D eigenvalue weighted by Crippen LogP contribution is 2.25. The molecule has 0 spiro atoms. The van der Waals surface area contributed by atoms with Crippen LogP contribution in [0.4, 0.5) is 5.69 Å². The summed E-state index contributed by atoms with van der Waals surface area (Å²) in [7, 11) is 0. The van der Waals surface area contributed by atoms with Crippen molar-refractivity contribution in [3.63, 3.8) is 0 Å². The number of hydrogen-bond donors (Lipinski definition) is 2. The Labute approximate surface area is 170 Å². The lowest BCUT2D eigenvalue weighted by Crippen LogP contribution is -2.31. The van der Waals surface area contributed by atoms with Gasteiger partial charge in [-0.05, 0) is 42.9 Å². The first kappa shape index (κ1) is 17.4. The summed E-state index contributed by atoms with van der Waals surface area (Å²) in [5.41, 5.74) is 3.83. The second kappa shape index (κ2) is 6.74. The molecule has 0 radical (unpaired) electrons. The van der Waals surface area contributed by atoms with Gasteiger partial charge in [0.15, 0.2) is 5.65 Å². The Hall–Kier alpha value is -2.67. The van der Waals surface area contributed by atoms with E-state index < -0.39 is 0 Å². The van der Waals surface area contributed by atoms with Gasteiger partial charge in [-0.25, -0.2) is 4.98 Å². The number of anilines is 1. The van der Waals surface area contributed by atoms with Gasteiger partial charge >= 0.3 is 0 Å². The number of nitrogens with one attached hydrogen (secondary N) is 2. The molecule has 1 fully saturated rings. The SMILES string of the molecule is O=C(NC1CC1)c1cn(Br)c2ncc(NC3Cc4ccccc4C3)cc2c1=O. The first-order chi connectivity index (χ1) is 13.6. The van der Waals surface area contributed by atoms with Crippen molar-refractivity contribution in [3.05, 3.63) is 69.6 Å². The Balaban J connectivity index is 1.45. The quantitative estimate of drug-likeness (QED) is 0.656. The number of fused-ring (bicyclic) bond motifs is 2. The number of carbonyl (C=O) groups is 1. The number of benzene rings is 1. The van der Waals surface area contributed by atoms with Crippen molar-refractivity contribution < 1.29 is 4.79 Å². The third kappa shape index (κ3) is 3.20. The maximum absolute atomic E-state index is 12.9. The summed E-state index contributed by atoms with van der Waals surface area (Å²) in [6.45, 7) is 0. The van der Waals surface area contributed by atoms with Crippen LogP contribution in [0.1, 0.15) is 34.3 Å². The van der Waals surface area contributed by atoms with E-state index >= 15 is 0 Å². The fourth-order valence-corrected chi connectivity index (χ4v) is 4.29. The van der Waals surface area contributed by atoms with E-state index in [9.17, 15) is 9.59 Å². The molecular weight excluding hydrogens is 420 g/mol. The predicted octanol–water partition coefficient (Wildman–Crippen LogP) is 3.03. The maximum Gasteiger partial charge on any atom is 0.257 e. The molecule has 2 aromatic heterocycles. The zero-order valence-corrected chi connectivity index (χ0v) is 16.7. The van der Waals surface area contributed by atoms with Gasteiger partial charge < -0.3 is 10.6 Å². The lowest BCUT2D eigenvalue weighted by atomic mass is 10.1. The number of carbonyl (C=O) groups excluding carboxylic acids is 1. The van der Waals surface area contributed by atoms with E-state index in [-0.39, 0.29) is 29.0 Å². The molecule has 142 valence electrons. The van der Waals surface area contributed by atoms with Crippen molar-refractivity contribution in [2.24, 2.45) is 0 Å². The van der Waals surface area contributed by atoms with Crippen molar-refractivity contribution in [1.82, 2.24) is 13.9 Å². The highest BCUT2D eigenvalue weighted by Gasteiger charge is 2.26. The molecule has 0 unspecified atom stereocenters. The molecule has 0 atom stereocenters. The Morgan fingerprint density at radius 3 is 2.54 bits per heavy atom. The molecule has 2 aliphatic carbocycles. The summed E-state index contributed by atoms with van der Waals surface area (Å²) in [6.07, 6.45) is 7.06. The standard InChI is InChI=1S/C21H19BrN4O2/c22-26-11-18(21(28)25-14-5-6-14)19(27)17-9-16(10-23-20(17)26)24-15-7-12-3-1-2-4-13(12)8-15/h1-4,9-11,14-15,24H,5-8H2,(H,25,28). The summed E-state index contributed by atoms with van der Waals surface area (Å²) in [4.78, 5) is 29.8. The minimum Gasteiger partial charge on any atom is -0.380 e. The molecule has 2 heterocycles. The topological polar surface area (TPSA) is 76.0 Å². The van der Waals surface area contributed by atoms with Crippen molar-refractivity contribution in [3.8, 4) is 0 Å². The molecule has 2 N–H and O–H groups in total. The molecular formula is C21H19BrN4O2. The van der Waals surface area contributed by atoms with Gasteiger partial charge in [-0.3, -0.25) is 13.2 Å². The van der Waals surface area contributed by atoms with Crippen molar-refractivity contribution in [2.45, 2.75) is 37.8 Å². The van der Waals surface area contributed by atoms with Crippen LogP contribution in [0.3, 0.4) is 0 Å². The number of pyridine rings is 2. The molecule has 0 saturated heterocycles. The van der Waals surface area contributed by atoms with Crippen molar-refractivity contribution >= 4 is 38.8 Å². The molecule has 1 aromatic carbocycles. The van der Waals surface area contributed by atoms with Crippen LogP contribution >= 0.6 is 16.1 Å². The zero-order chi connectivity index (χ0) is 19.3. The van der Waals surface area contributed by atoms with Crippen LogP contribution in [0.25, 0.3) is 11.0 Å². The van der Waals surface area contributed by atoms with Crippen LogP contribution in [0.5, 0.6) is 0 Å². The minimum absolute atomic E-state index is 0.128. The summed E-state index contributed by atoms with van der Waals surface area (Å²) in [5.74, 6) is -0.327. The summed E-state index contributed by atoms with van der Waals surface area (Å²) in [5, 5.41) is 6.79. The van der Waals surface area contributed by atoms with Gasteiger partial charge in [0.2, 0.25) is 5.43 Å². The average molecular weight is 439 g/mol. The van der Waals surface area contributed by atoms with E-state index in [1.165, 1.54) is 17.3 Å². The van der Waals surface area contributed by atoms with E-state index in [0.29, 0.717) is 11.0 Å². The maximum atomic E-state index is 12.9. The molecule has 5 rings (SSSR count). The molecule has 1 saturated carbocycles. The Morgan fingerprint density at radius 2 is 1.86 bits per heavy atom. The molecule has 3 aromatic rings. The Bertz CT molecular complexity index is 1130. The van der Waals surface area contributed by atoms with E-state index in [2.05, 4.69) is 56.0 Å². The van der Waals surface area contributed by atoms with Gasteiger partial charge in [-0.2, -0.15) is 0 Å². The molecule has 0 bridgehead atoms. The van der Waals surface area contributed by atoms with E-state index in [1.54, 1.807) is 15.9 Å². The third-order valence-corrected chi connectivity index (χ3v) is 5.92.